The van der Waals surface area contributed by atoms with Crippen LogP contribution in [0.4, 0.5) is 0 Å². The van der Waals surface area contributed by atoms with Crippen molar-refractivity contribution in [3.8, 4) is 10.7 Å². The van der Waals surface area contributed by atoms with Crippen LogP contribution < -0.4 is 0 Å². The number of hydrogen-bond acceptors (Lipinski definition) is 3. The van der Waals surface area contributed by atoms with Gasteiger partial charge in [0, 0.05) is 10.0 Å². The summed E-state index contributed by atoms with van der Waals surface area (Å²) in [6.07, 6.45) is 4.65. The molecule has 3 rings (SSSR count). The Hall–Kier alpha value is 0.130. The summed E-state index contributed by atoms with van der Waals surface area (Å²) >= 11 is 23.5. The number of hydrogen-bond donors (Lipinski definition) is 0. The molecule has 0 bridgehead atoms. The molecule has 1 aliphatic rings. The molecule has 1 fully saturated rings. The molecule has 0 amide bonds. The lowest BCUT2D eigenvalue weighted by Crippen LogP contribution is -2.01. The van der Waals surface area contributed by atoms with Crippen LogP contribution in [0, 0.1) is 0 Å². The molecular formula is C13H10BrCl3N2S. The van der Waals surface area contributed by atoms with Crippen molar-refractivity contribution in [1.29, 1.82) is 0 Å². The summed E-state index contributed by atoms with van der Waals surface area (Å²) in [7, 11) is 0. The normalized spacial score (nSPS) is 16.0. The lowest BCUT2D eigenvalue weighted by molar-refractivity contribution is 0.715. The highest BCUT2D eigenvalue weighted by Gasteiger charge is 2.25. The summed E-state index contributed by atoms with van der Waals surface area (Å²) < 4.78 is 1.49. The van der Waals surface area contributed by atoms with E-state index in [1.165, 1.54) is 24.2 Å². The maximum atomic E-state index is 6.34. The third-order valence-corrected chi connectivity index (χ3v) is 6.53. The molecule has 0 aliphatic heterocycles. The highest BCUT2D eigenvalue weighted by molar-refractivity contribution is 9.10. The lowest BCUT2D eigenvalue weighted by Gasteiger charge is -2.13. The lowest BCUT2D eigenvalue weighted by atomic mass is 10.0. The average molecular weight is 413 g/mol. The predicted octanol–water partition coefficient (Wildman–Crippen LogP) is 6.59. The maximum Gasteiger partial charge on any atom is 0.172 e. The van der Waals surface area contributed by atoms with E-state index in [1.807, 2.05) is 6.07 Å². The van der Waals surface area contributed by atoms with Crippen LogP contribution in [0.25, 0.3) is 10.7 Å². The van der Waals surface area contributed by atoms with Crippen molar-refractivity contribution in [3.63, 3.8) is 0 Å². The van der Waals surface area contributed by atoms with E-state index in [-0.39, 0.29) is 0 Å². The first kappa shape index (κ1) is 15.0. The second kappa shape index (κ2) is 6.09. The fraction of sp³-hybridized carbons (Fsp3) is 0.385. The Bertz CT molecular complexity index is 611. The smallest absolute Gasteiger partial charge is 0.172 e. The molecule has 0 aromatic carbocycles. The summed E-state index contributed by atoms with van der Waals surface area (Å²) in [6.45, 7) is 0. The standard InChI is InChI=1S/C13H10BrCl3N2S/c14-7-5-8(20-12(7)17)13-18-10(15)9(11(16)19-13)6-3-1-2-4-6/h5-6H,1-4H2. The first-order valence-electron chi connectivity index (χ1n) is 6.24. The van der Waals surface area contributed by atoms with E-state index in [4.69, 9.17) is 34.8 Å². The van der Waals surface area contributed by atoms with Gasteiger partial charge in [0.15, 0.2) is 5.82 Å². The van der Waals surface area contributed by atoms with Crippen molar-refractivity contribution in [3.05, 3.63) is 30.7 Å². The van der Waals surface area contributed by atoms with E-state index in [0.29, 0.717) is 26.4 Å². The van der Waals surface area contributed by atoms with Gasteiger partial charge in [-0.1, -0.05) is 47.6 Å². The Balaban J connectivity index is 2.02. The summed E-state index contributed by atoms with van der Waals surface area (Å²) in [5, 5.41) is 0.931. The highest BCUT2D eigenvalue weighted by Crippen LogP contribution is 2.42. The SMILES string of the molecule is Clc1nc(-c2cc(Br)c(Cl)s2)nc(Cl)c1C1CCCC1. The molecule has 2 nitrogen and oxygen atoms in total. The zero-order chi connectivity index (χ0) is 14.3. The minimum Gasteiger partial charge on any atom is -0.215 e. The Labute approximate surface area is 144 Å². The van der Waals surface area contributed by atoms with Gasteiger partial charge in [-0.25, -0.2) is 9.97 Å². The van der Waals surface area contributed by atoms with E-state index in [0.717, 1.165) is 27.8 Å². The van der Waals surface area contributed by atoms with Crippen LogP contribution in [0.5, 0.6) is 0 Å². The van der Waals surface area contributed by atoms with Gasteiger partial charge in [0.05, 0.1) is 4.88 Å². The molecule has 1 saturated carbocycles. The Morgan fingerprint density at radius 2 is 1.70 bits per heavy atom. The number of thiophene rings is 1. The quantitative estimate of drug-likeness (QED) is 0.520. The van der Waals surface area contributed by atoms with Crippen molar-refractivity contribution in [2.75, 3.05) is 0 Å². The molecule has 0 spiro atoms. The summed E-state index contributed by atoms with van der Waals surface area (Å²) in [5.74, 6) is 0.919. The molecule has 0 N–H and O–H groups in total. The minimum absolute atomic E-state index is 0.391. The van der Waals surface area contributed by atoms with Crippen LogP contribution in [0.1, 0.15) is 37.2 Å². The molecule has 0 radical (unpaired) electrons. The van der Waals surface area contributed by atoms with Gasteiger partial charge in [0.25, 0.3) is 0 Å². The van der Waals surface area contributed by atoms with Gasteiger partial charge in [-0.15, -0.1) is 11.3 Å². The topological polar surface area (TPSA) is 25.8 Å². The number of nitrogens with zero attached hydrogens (tertiary/aromatic N) is 2. The molecule has 7 heteroatoms. The van der Waals surface area contributed by atoms with Crippen LogP contribution >= 0.6 is 62.1 Å². The van der Waals surface area contributed by atoms with Gasteiger partial charge >= 0.3 is 0 Å². The number of aromatic nitrogens is 2. The zero-order valence-electron chi connectivity index (χ0n) is 10.3. The fourth-order valence-corrected chi connectivity index (χ4v) is 4.87. The second-order valence-corrected chi connectivity index (χ2v) is 7.98. The molecule has 2 heterocycles. The van der Waals surface area contributed by atoms with E-state index in [9.17, 15) is 0 Å². The molecule has 0 unspecified atom stereocenters. The average Bonchev–Trinajstić information content (AvgIpc) is 3.00. The molecule has 0 atom stereocenters. The molecular weight excluding hydrogens is 402 g/mol. The maximum absolute atomic E-state index is 6.34. The van der Waals surface area contributed by atoms with Crippen LogP contribution in [0.3, 0.4) is 0 Å². The third kappa shape index (κ3) is 2.86. The van der Waals surface area contributed by atoms with Crippen molar-refractivity contribution in [2.24, 2.45) is 0 Å². The minimum atomic E-state index is 0.391. The van der Waals surface area contributed by atoms with Crippen LogP contribution in [-0.4, -0.2) is 9.97 Å². The first-order chi connectivity index (χ1) is 9.56. The van der Waals surface area contributed by atoms with Gasteiger partial charge in [-0.3, -0.25) is 0 Å². The molecule has 2 aromatic rings. The van der Waals surface area contributed by atoms with Crippen LogP contribution in [0.2, 0.25) is 14.6 Å². The zero-order valence-corrected chi connectivity index (χ0v) is 15.0. The van der Waals surface area contributed by atoms with Crippen LogP contribution in [0.15, 0.2) is 10.5 Å². The molecule has 1 aliphatic carbocycles. The van der Waals surface area contributed by atoms with Gasteiger partial charge < -0.3 is 0 Å². The number of halogens is 4. The molecule has 2 aromatic heterocycles. The first-order valence-corrected chi connectivity index (χ1v) is 8.98. The molecule has 0 saturated heterocycles. The Morgan fingerprint density at radius 3 is 2.20 bits per heavy atom. The number of rotatable bonds is 2. The van der Waals surface area contributed by atoms with Gasteiger partial charge in [0.2, 0.25) is 0 Å². The summed E-state index contributed by atoms with van der Waals surface area (Å²) in [4.78, 5) is 9.66. The fourth-order valence-electron chi connectivity index (χ4n) is 2.53. The molecule has 106 valence electrons. The predicted molar refractivity (Wildman–Crippen MR) is 89.3 cm³/mol. The highest BCUT2D eigenvalue weighted by atomic mass is 79.9. The van der Waals surface area contributed by atoms with E-state index < -0.39 is 0 Å². The van der Waals surface area contributed by atoms with Gasteiger partial charge in [-0.05, 0) is 40.8 Å². The summed E-state index contributed by atoms with van der Waals surface area (Å²) in [5.41, 5.74) is 0.899. The second-order valence-electron chi connectivity index (χ2n) is 4.76. The van der Waals surface area contributed by atoms with Crippen molar-refractivity contribution in [1.82, 2.24) is 9.97 Å². The monoisotopic (exact) mass is 410 g/mol. The summed E-state index contributed by atoms with van der Waals surface area (Å²) in [6, 6.07) is 1.88. The Kier molecular flexibility index (Phi) is 4.58. The van der Waals surface area contributed by atoms with Crippen molar-refractivity contribution >= 4 is 62.1 Å². The van der Waals surface area contributed by atoms with E-state index in [2.05, 4.69) is 25.9 Å². The van der Waals surface area contributed by atoms with Crippen molar-refractivity contribution < 1.29 is 0 Å². The van der Waals surface area contributed by atoms with Gasteiger partial charge in [0.1, 0.15) is 14.6 Å². The van der Waals surface area contributed by atoms with E-state index >= 15 is 0 Å². The van der Waals surface area contributed by atoms with Crippen LogP contribution in [-0.2, 0) is 0 Å². The molecule has 20 heavy (non-hydrogen) atoms. The van der Waals surface area contributed by atoms with Crippen molar-refractivity contribution in [2.45, 2.75) is 31.6 Å². The third-order valence-electron chi connectivity index (χ3n) is 3.48. The Morgan fingerprint density at radius 1 is 1.10 bits per heavy atom. The largest absolute Gasteiger partial charge is 0.215 e. The van der Waals surface area contributed by atoms with E-state index in [1.54, 1.807) is 0 Å². The van der Waals surface area contributed by atoms with Gasteiger partial charge in [-0.2, -0.15) is 0 Å².